The Morgan fingerprint density at radius 3 is 2.79 bits per heavy atom. The third-order valence-corrected chi connectivity index (χ3v) is 2.79. The van der Waals surface area contributed by atoms with Gasteiger partial charge in [-0.25, -0.2) is 0 Å². The minimum absolute atomic E-state index is 0.315. The fourth-order valence-electron chi connectivity index (χ4n) is 1.77. The predicted octanol–water partition coefficient (Wildman–Crippen LogP) is 2.06. The molecular formula is C12H17NO. The Hall–Kier alpha value is -1.02. The first-order chi connectivity index (χ1) is 6.79. The van der Waals surface area contributed by atoms with E-state index in [-0.39, 0.29) is 0 Å². The molecule has 1 aromatic carbocycles. The van der Waals surface area contributed by atoms with Crippen LogP contribution in [-0.2, 0) is 0 Å². The van der Waals surface area contributed by atoms with Crippen LogP contribution in [0.15, 0.2) is 30.3 Å². The fraction of sp³-hybridized carbons (Fsp3) is 0.500. The first-order valence-electron chi connectivity index (χ1n) is 5.17. The Morgan fingerprint density at radius 1 is 1.36 bits per heavy atom. The number of rotatable bonds is 3. The molecule has 1 aliphatic rings. The summed E-state index contributed by atoms with van der Waals surface area (Å²) < 4.78 is 5.75. The molecule has 2 heteroatoms. The van der Waals surface area contributed by atoms with Gasteiger partial charge in [0.2, 0.25) is 0 Å². The summed E-state index contributed by atoms with van der Waals surface area (Å²) in [5, 5.41) is 3.37. The molecule has 0 saturated carbocycles. The van der Waals surface area contributed by atoms with Crippen LogP contribution < -0.4 is 10.1 Å². The van der Waals surface area contributed by atoms with E-state index in [9.17, 15) is 0 Å². The summed E-state index contributed by atoms with van der Waals surface area (Å²) in [6.45, 7) is 5.27. The molecule has 0 bridgehead atoms. The maximum absolute atomic E-state index is 5.75. The molecular weight excluding hydrogens is 174 g/mol. The van der Waals surface area contributed by atoms with E-state index >= 15 is 0 Å². The van der Waals surface area contributed by atoms with E-state index in [4.69, 9.17) is 4.74 Å². The summed E-state index contributed by atoms with van der Waals surface area (Å²) in [5.41, 5.74) is 0.315. The Kier molecular flexibility index (Phi) is 2.73. The molecule has 2 nitrogen and oxygen atoms in total. The first-order valence-corrected chi connectivity index (χ1v) is 5.17. The SMILES string of the molecule is CC1(COc2ccccc2)CCNC1. The summed E-state index contributed by atoms with van der Waals surface area (Å²) in [7, 11) is 0. The van der Waals surface area contributed by atoms with Crippen molar-refractivity contribution in [2.24, 2.45) is 5.41 Å². The van der Waals surface area contributed by atoms with Crippen molar-refractivity contribution in [2.75, 3.05) is 19.7 Å². The van der Waals surface area contributed by atoms with Gasteiger partial charge >= 0.3 is 0 Å². The van der Waals surface area contributed by atoms with Gasteiger partial charge in [0.05, 0.1) is 6.61 Å². The molecule has 1 N–H and O–H groups in total. The molecule has 0 aliphatic carbocycles. The van der Waals surface area contributed by atoms with Gasteiger partial charge in [0, 0.05) is 12.0 Å². The third kappa shape index (κ3) is 2.26. The van der Waals surface area contributed by atoms with Crippen molar-refractivity contribution in [3.8, 4) is 5.75 Å². The van der Waals surface area contributed by atoms with Crippen molar-refractivity contribution in [3.63, 3.8) is 0 Å². The van der Waals surface area contributed by atoms with Crippen molar-refractivity contribution >= 4 is 0 Å². The molecule has 0 aromatic heterocycles. The van der Waals surface area contributed by atoms with Gasteiger partial charge < -0.3 is 10.1 Å². The van der Waals surface area contributed by atoms with Crippen LogP contribution in [0.5, 0.6) is 5.75 Å². The van der Waals surface area contributed by atoms with E-state index in [1.807, 2.05) is 30.3 Å². The molecule has 1 fully saturated rings. The second-order valence-corrected chi connectivity index (χ2v) is 4.34. The second kappa shape index (κ2) is 4.01. The normalized spacial score (nSPS) is 26.4. The summed E-state index contributed by atoms with van der Waals surface area (Å²) in [6.07, 6.45) is 1.21. The number of para-hydroxylation sites is 1. The zero-order valence-electron chi connectivity index (χ0n) is 8.62. The van der Waals surface area contributed by atoms with E-state index in [0.29, 0.717) is 5.41 Å². The summed E-state index contributed by atoms with van der Waals surface area (Å²) in [4.78, 5) is 0. The largest absolute Gasteiger partial charge is 0.493 e. The molecule has 1 atom stereocenters. The van der Waals surface area contributed by atoms with Crippen LogP contribution in [-0.4, -0.2) is 19.7 Å². The minimum atomic E-state index is 0.315. The smallest absolute Gasteiger partial charge is 0.119 e. The zero-order valence-corrected chi connectivity index (χ0v) is 8.62. The van der Waals surface area contributed by atoms with Gasteiger partial charge in [-0.05, 0) is 25.1 Å². The quantitative estimate of drug-likeness (QED) is 0.789. The molecule has 0 spiro atoms. The van der Waals surface area contributed by atoms with Gasteiger partial charge in [-0.1, -0.05) is 25.1 Å². The standard InChI is InChI=1S/C12H17NO/c1-12(7-8-13-9-12)10-14-11-5-3-2-4-6-11/h2-6,13H,7-10H2,1H3. The first kappa shape index (κ1) is 9.53. The van der Waals surface area contributed by atoms with E-state index in [2.05, 4.69) is 12.2 Å². The van der Waals surface area contributed by atoms with Crippen molar-refractivity contribution in [1.29, 1.82) is 0 Å². The highest BCUT2D eigenvalue weighted by atomic mass is 16.5. The fourth-order valence-corrected chi connectivity index (χ4v) is 1.77. The Bertz CT molecular complexity index is 278. The zero-order chi connectivity index (χ0) is 9.86. The van der Waals surface area contributed by atoms with Gasteiger partial charge in [-0.2, -0.15) is 0 Å². The van der Waals surface area contributed by atoms with E-state index in [1.54, 1.807) is 0 Å². The lowest BCUT2D eigenvalue weighted by Gasteiger charge is -2.22. The van der Waals surface area contributed by atoms with Crippen molar-refractivity contribution in [2.45, 2.75) is 13.3 Å². The molecule has 1 saturated heterocycles. The van der Waals surface area contributed by atoms with Crippen molar-refractivity contribution in [1.82, 2.24) is 5.32 Å². The third-order valence-electron chi connectivity index (χ3n) is 2.79. The lowest BCUT2D eigenvalue weighted by Crippen LogP contribution is -2.27. The maximum Gasteiger partial charge on any atom is 0.119 e. The van der Waals surface area contributed by atoms with Crippen LogP contribution >= 0.6 is 0 Å². The lowest BCUT2D eigenvalue weighted by molar-refractivity contribution is 0.180. The second-order valence-electron chi connectivity index (χ2n) is 4.34. The van der Waals surface area contributed by atoms with Crippen LogP contribution in [0.3, 0.4) is 0 Å². The molecule has 14 heavy (non-hydrogen) atoms. The van der Waals surface area contributed by atoms with Crippen LogP contribution in [0.25, 0.3) is 0 Å². The molecule has 1 heterocycles. The molecule has 2 rings (SSSR count). The Labute approximate surface area is 85.3 Å². The monoisotopic (exact) mass is 191 g/mol. The van der Waals surface area contributed by atoms with Crippen LogP contribution in [0.2, 0.25) is 0 Å². The van der Waals surface area contributed by atoms with Crippen LogP contribution in [0, 0.1) is 5.41 Å². The topological polar surface area (TPSA) is 21.3 Å². The van der Waals surface area contributed by atoms with Gasteiger partial charge in [0.25, 0.3) is 0 Å². The van der Waals surface area contributed by atoms with Crippen molar-refractivity contribution in [3.05, 3.63) is 30.3 Å². The number of hydrogen-bond acceptors (Lipinski definition) is 2. The highest BCUT2D eigenvalue weighted by molar-refractivity contribution is 5.21. The number of hydrogen-bond donors (Lipinski definition) is 1. The van der Waals surface area contributed by atoms with Gasteiger partial charge in [0.15, 0.2) is 0 Å². The summed E-state index contributed by atoms with van der Waals surface area (Å²) in [5.74, 6) is 0.973. The molecule has 1 aliphatic heterocycles. The van der Waals surface area contributed by atoms with Crippen LogP contribution in [0.4, 0.5) is 0 Å². The van der Waals surface area contributed by atoms with Gasteiger partial charge in [-0.3, -0.25) is 0 Å². The lowest BCUT2D eigenvalue weighted by atomic mass is 9.91. The highest BCUT2D eigenvalue weighted by Crippen LogP contribution is 2.25. The van der Waals surface area contributed by atoms with Gasteiger partial charge in [0.1, 0.15) is 5.75 Å². The molecule has 0 amide bonds. The number of benzene rings is 1. The Morgan fingerprint density at radius 2 is 2.14 bits per heavy atom. The van der Waals surface area contributed by atoms with Crippen LogP contribution in [0.1, 0.15) is 13.3 Å². The Balaban J connectivity index is 1.88. The predicted molar refractivity (Wildman–Crippen MR) is 57.5 cm³/mol. The molecule has 0 radical (unpaired) electrons. The van der Waals surface area contributed by atoms with E-state index < -0.39 is 0 Å². The van der Waals surface area contributed by atoms with Crippen molar-refractivity contribution < 1.29 is 4.74 Å². The van der Waals surface area contributed by atoms with Gasteiger partial charge in [-0.15, -0.1) is 0 Å². The van der Waals surface area contributed by atoms with E-state index in [0.717, 1.165) is 25.4 Å². The average molecular weight is 191 g/mol. The molecule has 76 valence electrons. The molecule has 1 unspecified atom stereocenters. The number of nitrogens with one attached hydrogen (secondary N) is 1. The highest BCUT2D eigenvalue weighted by Gasteiger charge is 2.29. The average Bonchev–Trinajstić information content (AvgIpc) is 2.65. The molecule has 1 aromatic rings. The summed E-state index contributed by atoms with van der Waals surface area (Å²) in [6, 6.07) is 10.0. The summed E-state index contributed by atoms with van der Waals surface area (Å²) >= 11 is 0. The maximum atomic E-state index is 5.75. The van der Waals surface area contributed by atoms with E-state index in [1.165, 1.54) is 6.42 Å². The number of ether oxygens (including phenoxy) is 1. The minimum Gasteiger partial charge on any atom is -0.493 e.